The minimum atomic E-state index is -0.278. The van der Waals surface area contributed by atoms with E-state index in [4.69, 9.17) is 0 Å². The molecule has 0 spiro atoms. The van der Waals surface area contributed by atoms with Crippen LogP contribution in [-0.4, -0.2) is 5.78 Å². The number of nitriles is 1. The van der Waals surface area contributed by atoms with Crippen molar-refractivity contribution in [2.75, 3.05) is 0 Å². The third kappa shape index (κ3) is 2.15. The lowest BCUT2D eigenvalue weighted by atomic mass is 9.79. The molecule has 1 aliphatic heterocycles. The van der Waals surface area contributed by atoms with E-state index >= 15 is 0 Å². The normalized spacial score (nSPS) is 18.4. The molecule has 0 saturated carbocycles. The number of rotatable bonds is 2. The van der Waals surface area contributed by atoms with E-state index in [9.17, 15) is 10.1 Å². The van der Waals surface area contributed by atoms with Crippen LogP contribution in [0.2, 0.25) is 0 Å². The summed E-state index contributed by atoms with van der Waals surface area (Å²) in [6.45, 7) is 5.36. The quantitative estimate of drug-likeness (QED) is 0.902. The minimum Gasteiger partial charge on any atom is -0.362 e. The molecule has 0 aliphatic carbocycles. The zero-order chi connectivity index (χ0) is 15.9. The SMILES string of the molecule is CC(=O)C1=C(C)NC(C)=C(C#N)C1c1csc2ccccc12. The Hall–Kier alpha value is -2.38. The van der Waals surface area contributed by atoms with Crippen LogP contribution >= 0.6 is 11.3 Å². The molecular formula is C18H16N2OS. The zero-order valence-corrected chi connectivity index (χ0v) is 13.5. The van der Waals surface area contributed by atoms with Crippen LogP contribution in [0, 0.1) is 11.3 Å². The lowest BCUT2D eigenvalue weighted by molar-refractivity contribution is -0.113. The lowest BCUT2D eigenvalue weighted by Gasteiger charge is -2.28. The Morgan fingerprint density at radius 1 is 1.27 bits per heavy atom. The number of nitrogens with zero attached hydrogens (tertiary/aromatic N) is 1. The van der Waals surface area contributed by atoms with E-state index < -0.39 is 0 Å². The molecule has 0 fully saturated rings. The lowest BCUT2D eigenvalue weighted by Crippen LogP contribution is -2.26. The van der Waals surface area contributed by atoms with Crippen LogP contribution in [0.25, 0.3) is 10.1 Å². The predicted octanol–water partition coefficient (Wildman–Crippen LogP) is 4.25. The maximum Gasteiger partial charge on any atom is 0.158 e. The number of carbonyl (C=O) groups excluding carboxylic acids is 1. The molecule has 2 heterocycles. The second-order valence-electron chi connectivity index (χ2n) is 5.49. The molecule has 3 rings (SSSR count). The monoisotopic (exact) mass is 308 g/mol. The van der Waals surface area contributed by atoms with E-state index in [2.05, 4.69) is 28.9 Å². The minimum absolute atomic E-state index is 0.00512. The standard InChI is InChI=1S/C18H16N2OS/c1-10-14(8-19)18(17(12(3)21)11(2)20-10)15-9-22-16-7-5-4-6-13(15)16/h4-7,9,18,20H,1-3H3. The topological polar surface area (TPSA) is 52.9 Å². The van der Waals surface area contributed by atoms with Gasteiger partial charge >= 0.3 is 0 Å². The van der Waals surface area contributed by atoms with Crippen LogP contribution in [0.4, 0.5) is 0 Å². The summed E-state index contributed by atoms with van der Waals surface area (Å²) in [6.07, 6.45) is 0. The highest BCUT2D eigenvalue weighted by Gasteiger charge is 2.32. The van der Waals surface area contributed by atoms with Crippen molar-refractivity contribution in [2.45, 2.75) is 26.7 Å². The molecule has 110 valence electrons. The third-order valence-electron chi connectivity index (χ3n) is 4.08. The van der Waals surface area contributed by atoms with Gasteiger partial charge < -0.3 is 5.32 Å². The second-order valence-corrected chi connectivity index (χ2v) is 6.40. The average Bonchev–Trinajstić information content (AvgIpc) is 2.89. The molecule has 1 atom stereocenters. The van der Waals surface area contributed by atoms with Gasteiger partial charge in [-0.3, -0.25) is 4.79 Å². The van der Waals surface area contributed by atoms with Gasteiger partial charge in [-0.15, -0.1) is 11.3 Å². The number of Topliss-reactive ketones (excluding diaryl/α,β-unsaturated/α-hetero) is 1. The fraction of sp³-hybridized carbons (Fsp3) is 0.222. The Bertz CT molecular complexity index is 880. The molecule has 3 nitrogen and oxygen atoms in total. The van der Waals surface area contributed by atoms with Gasteiger partial charge in [0.15, 0.2) is 5.78 Å². The van der Waals surface area contributed by atoms with E-state index in [0.29, 0.717) is 11.1 Å². The molecule has 22 heavy (non-hydrogen) atoms. The van der Waals surface area contributed by atoms with Crippen LogP contribution in [0.5, 0.6) is 0 Å². The van der Waals surface area contributed by atoms with Gasteiger partial charge in [-0.2, -0.15) is 5.26 Å². The smallest absolute Gasteiger partial charge is 0.158 e. The first-order valence-electron chi connectivity index (χ1n) is 7.10. The third-order valence-corrected chi connectivity index (χ3v) is 5.06. The highest BCUT2D eigenvalue weighted by atomic mass is 32.1. The Labute approximate surface area is 133 Å². The van der Waals surface area contributed by atoms with Crippen LogP contribution in [0.1, 0.15) is 32.3 Å². The Balaban J connectivity index is 2.30. The van der Waals surface area contributed by atoms with E-state index in [-0.39, 0.29) is 11.7 Å². The van der Waals surface area contributed by atoms with Gasteiger partial charge in [0, 0.05) is 21.7 Å². The van der Waals surface area contributed by atoms with E-state index in [1.54, 1.807) is 18.3 Å². The molecule has 0 saturated heterocycles. The number of hydrogen-bond acceptors (Lipinski definition) is 4. The van der Waals surface area contributed by atoms with E-state index in [1.807, 2.05) is 26.0 Å². The summed E-state index contributed by atoms with van der Waals surface area (Å²) in [5.74, 6) is -0.273. The molecule has 1 N–H and O–H groups in total. The number of benzene rings is 1. The number of ketones is 1. The van der Waals surface area contributed by atoms with Gasteiger partial charge in [-0.05, 0) is 43.2 Å². The highest BCUT2D eigenvalue weighted by molar-refractivity contribution is 7.17. The van der Waals surface area contributed by atoms with Crippen molar-refractivity contribution < 1.29 is 4.79 Å². The largest absolute Gasteiger partial charge is 0.362 e. The van der Waals surface area contributed by atoms with Crippen LogP contribution in [0.3, 0.4) is 0 Å². The molecule has 0 amide bonds. The predicted molar refractivity (Wildman–Crippen MR) is 89.4 cm³/mol. The Kier molecular flexibility index (Phi) is 3.59. The summed E-state index contributed by atoms with van der Waals surface area (Å²) in [6, 6.07) is 10.4. The molecular weight excluding hydrogens is 292 g/mol. The number of hydrogen-bond donors (Lipinski definition) is 1. The van der Waals surface area contributed by atoms with Crippen molar-refractivity contribution >= 4 is 27.2 Å². The maximum atomic E-state index is 12.2. The molecule has 0 bridgehead atoms. The van der Waals surface area contributed by atoms with Crippen molar-refractivity contribution in [3.8, 4) is 6.07 Å². The van der Waals surface area contributed by atoms with Gasteiger partial charge in [0.1, 0.15) is 0 Å². The first-order chi connectivity index (χ1) is 10.5. The molecule has 1 aromatic carbocycles. The van der Waals surface area contributed by atoms with Crippen molar-refractivity contribution in [3.63, 3.8) is 0 Å². The summed E-state index contributed by atoms with van der Waals surface area (Å²) < 4.78 is 1.17. The van der Waals surface area contributed by atoms with Crippen LogP contribution in [0.15, 0.2) is 52.2 Å². The number of carbonyl (C=O) groups is 1. The van der Waals surface area contributed by atoms with Gasteiger partial charge in [0.25, 0.3) is 0 Å². The Morgan fingerprint density at radius 3 is 2.68 bits per heavy atom. The molecule has 0 radical (unpaired) electrons. The van der Waals surface area contributed by atoms with Crippen molar-refractivity contribution in [2.24, 2.45) is 0 Å². The molecule has 1 aliphatic rings. The van der Waals surface area contributed by atoms with Crippen LogP contribution in [-0.2, 0) is 4.79 Å². The maximum absolute atomic E-state index is 12.2. The number of allylic oxidation sites excluding steroid dienone is 4. The summed E-state index contributed by atoms with van der Waals surface area (Å²) in [5, 5.41) is 16.0. The van der Waals surface area contributed by atoms with Crippen molar-refractivity contribution in [3.05, 3.63) is 57.7 Å². The van der Waals surface area contributed by atoms with Gasteiger partial charge in [-0.1, -0.05) is 18.2 Å². The molecule has 2 aromatic rings. The first kappa shape index (κ1) is 14.6. The second kappa shape index (κ2) is 5.43. The van der Waals surface area contributed by atoms with Crippen molar-refractivity contribution in [1.29, 1.82) is 5.26 Å². The molecule has 1 unspecified atom stereocenters. The first-order valence-corrected chi connectivity index (χ1v) is 7.98. The fourth-order valence-corrected chi connectivity index (χ4v) is 4.13. The molecule has 4 heteroatoms. The summed E-state index contributed by atoms with van der Waals surface area (Å²) in [4.78, 5) is 12.2. The van der Waals surface area contributed by atoms with Crippen molar-refractivity contribution in [1.82, 2.24) is 5.32 Å². The van der Waals surface area contributed by atoms with E-state index in [1.165, 1.54) is 4.70 Å². The fourth-order valence-electron chi connectivity index (χ4n) is 3.14. The van der Waals surface area contributed by atoms with Crippen LogP contribution < -0.4 is 5.32 Å². The molecule has 1 aromatic heterocycles. The number of fused-ring (bicyclic) bond motifs is 1. The summed E-state index contributed by atoms with van der Waals surface area (Å²) in [5.41, 5.74) is 4.02. The zero-order valence-electron chi connectivity index (χ0n) is 12.7. The average molecular weight is 308 g/mol. The van der Waals surface area contributed by atoms with Gasteiger partial charge in [0.05, 0.1) is 17.6 Å². The van der Waals surface area contributed by atoms with E-state index in [0.717, 1.165) is 22.3 Å². The van der Waals surface area contributed by atoms with Gasteiger partial charge in [0.2, 0.25) is 0 Å². The van der Waals surface area contributed by atoms with Gasteiger partial charge in [-0.25, -0.2) is 0 Å². The summed E-state index contributed by atoms with van der Waals surface area (Å²) in [7, 11) is 0. The summed E-state index contributed by atoms with van der Waals surface area (Å²) >= 11 is 1.65. The highest BCUT2D eigenvalue weighted by Crippen LogP contribution is 2.42. The number of nitrogens with one attached hydrogen (secondary N) is 1. The number of thiophene rings is 1. The Morgan fingerprint density at radius 2 is 2.00 bits per heavy atom. The number of dihydropyridines is 1.